The van der Waals surface area contributed by atoms with E-state index in [-0.39, 0.29) is 18.7 Å². The number of hydrogen-bond acceptors (Lipinski definition) is 5. The third kappa shape index (κ3) is 4.60. The number of ether oxygens (including phenoxy) is 1. The van der Waals surface area contributed by atoms with E-state index in [1.165, 1.54) is 11.3 Å². The molecule has 1 aliphatic rings. The fourth-order valence-corrected chi connectivity index (χ4v) is 4.19. The Bertz CT molecular complexity index is 802. The molecule has 0 bridgehead atoms. The summed E-state index contributed by atoms with van der Waals surface area (Å²) in [5.74, 6) is -1.16. The monoisotopic (exact) mass is 394 g/mol. The average molecular weight is 395 g/mol. The van der Waals surface area contributed by atoms with Crippen LogP contribution in [0.5, 0.6) is 0 Å². The molecule has 1 saturated heterocycles. The second-order valence-electron chi connectivity index (χ2n) is 6.31. The van der Waals surface area contributed by atoms with Gasteiger partial charge < -0.3 is 15.2 Å². The van der Waals surface area contributed by atoms with E-state index >= 15 is 0 Å². The summed E-state index contributed by atoms with van der Waals surface area (Å²) in [7, 11) is 0. The Hall–Kier alpha value is -1.96. The van der Waals surface area contributed by atoms with Gasteiger partial charge in [0.05, 0.1) is 29.1 Å². The van der Waals surface area contributed by atoms with Gasteiger partial charge in [-0.1, -0.05) is 29.8 Å². The highest BCUT2D eigenvalue weighted by Gasteiger charge is 2.36. The number of carbonyl (C=O) groups is 2. The summed E-state index contributed by atoms with van der Waals surface area (Å²) in [6, 6.07) is 7.42. The van der Waals surface area contributed by atoms with Crippen molar-refractivity contribution in [1.29, 1.82) is 0 Å². The number of benzene rings is 1. The Balaban J connectivity index is 1.68. The van der Waals surface area contributed by atoms with Gasteiger partial charge in [0.1, 0.15) is 5.01 Å². The lowest BCUT2D eigenvalue weighted by atomic mass is 9.86. The minimum Gasteiger partial charge on any atom is -0.481 e. The molecule has 6 nitrogen and oxygen atoms in total. The van der Waals surface area contributed by atoms with E-state index in [1.807, 2.05) is 23.6 Å². The number of aromatic nitrogens is 1. The van der Waals surface area contributed by atoms with Crippen LogP contribution in [0.3, 0.4) is 0 Å². The molecule has 1 amide bonds. The number of thiazole rings is 1. The van der Waals surface area contributed by atoms with Gasteiger partial charge >= 0.3 is 5.97 Å². The predicted molar refractivity (Wildman–Crippen MR) is 99.4 cm³/mol. The van der Waals surface area contributed by atoms with Crippen molar-refractivity contribution in [1.82, 2.24) is 10.3 Å². The molecule has 0 aliphatic carbocycles. The van der Waals surface area contributed by atoms with E-state index in [0.717, 1.165) is 10.6 Å². The normalized spacial score (nSPS) is 16.2. The zero-order valence-corrected chi connectivity index (χ0v) is 15.6. The number of carboxylic acids is 1. The van der Waals surface area contributed by atoms with Gasteiger partial charge in [-0.15, -0.1) is 11.3 Å². The highest BCUT2D eigenvalue weighted by Crippen LogP contribution is 2.30. The SMILES string of the molecule is O=C(O)CC1(NC(=O)Cc2csc(-c3ccccc3Cl)n2)CCOCC1. The number of hydrogen-bond donors (Lipinski definition) is 2. The molecule has 1 aromatic heterocycles. The molecular weight excluding hydrogens is 376 g/mol. The molecule has 2 N–H and O–H groups in total. The first-order valence-corrected chi connectivity index (χ1v) is 9.53. The molecular formula is C18H19ClN2O4S. The molecule has 0 atom stereocenters. The largest absolute Gasteiger partial charge is 0.481 e. The molecule has 3 rings (SSSR count). The van der Waals surface area contributed by atoms with E-state index in [0.29, 0.717) is 36.8 Å². The van der Waals surface area contributed by atoms with E-state index in [4.69, 9.17) is 16.3 Å². The first-order valence-electron chi connectivity index (χ1n) is 8.27. The Labute approximate surface area is 160 Å². The molecule has 0 radical (unpaired) electrons. The maximum absolute atomic E-state index is 12.5. The standard InChI is InChI=1S/C18H19ClN2O4S/c19-14-4-2-1-3-13(14)17-20-12(11-26-17)9-15(22)21-18(10-16(23)24)5-7-25-8-6-18/h1-4,11H,5-10H2,(H,21,22)(H,23,24). The summed E-state index contributed by atoms with van der Waals surface area (Å²) >= 11 is 7.61. The van der Waals surface area contributed by atoms with Crippen LogP contribution in [0.25, 0.3) is 10.6 Å². The van der Waals surface area contributed by atoms with E-state index < -0.39 is 11.5 Å². The van der Waals surface area contributed by atoms with Crippen LogP contribution in [-0.2, 0) is 20.7 Å². The van der Waals surface area contributed by atoms with Crippen molar-refractivity contribution in [3.63, 3.8) is 0 Å². The zero-order chi connectivity index (χ0) is 18.6. The van der Waals surface area contributed by atoms with Crippen molar-refractivity contribution in [3.05, 3.63) is 40.4 Å². The van der Waals surface area contributed by atoms with Gasteiger partial charge in [0.25, 0.3) is 0 Å². The lowest BCUT2D eigenvalue weighted by Gasteiger charge is -2.36. The molecule has 0 saturated carbocycles. The van der Waals surface area contributed by atoms with Gasteiger partial charge in [-0.2, -0.15) is 0 Å². The Kier molecular flexibility index (Phi) is 5.90. The highest BCUT2D eigenvalue weighted by atomic mass is 35.5. The summed E-state index contributed by atoms with van der Waals surface area (Å²) in [5, 5.41) is 15.3. The lowest BCUT2D eigenvalue weighted by molar-refractivity contribution is -0.140. The van der Waals surface area contributed by atoms with Crippen molar-refractivity contribution in [2.75, 3.05) is 13.2 Å². The summed E-state index contributed by atoms with van der Waals surface area (Å²) in [5.41, 5.74) is 0.723. The van der Waals surface area contributed by atoms with Crippen LogP contribution in [0.2, 0.25) is 5.02 Å². The molecule has 1 aromatic carbocycles. The number of rotatable bonds is 6. The summed E-state index contributed by atoms with van der Waals surface area (Å²) in [6.07, 6.45) is 0.979. The predicted octanol–water partition coefficient (Wildman–Crippen LogP) is 3.15. The van der Waals surface area contributed by atoms with E-state index in [2.05, 4.69) is 10.3 Å². The molecule has 0 spiro atoms. The number of amides is 1. The number of nitrogens with zero attached hydrogens (tertiary/aromatic N) is 1. The summed E-state index contributed by atoms with van der Waals surface area (Å²) in [6.45, 7) is 0.891. The van der Waals surface area contributed by atoms with Crippen LogP contribution < -0.4 is 5.32 Å². The first kappa shape index (κ1) is 18.8. The number of nitrogens with one attached hydrogen (secondary N) is 1. The van der Waals surface area contributed by atoms with Gasteiger partial charge in [-0.25, -0.2) is 4.98 Å². The summed E-state index contributed by atoms with van der Waals surface area (Å²) < 4.78 is 5.30. The van der Waals surface area contributed by atoms with Gasteiger partial charge in [0.2, 0.25) is 5.91 Å². The minimum atomic E-state index is -0.929. The van der Waals surface area contributed by atoms with Crippen LogP contribution in [0.15, 0.2) is 29.6 Å². The smallest absolute Gasteiger partial charge is 0.305 e. The number of carbonyl (C=O) groups excluding carboxylic acids is 1. The number of halogens is 1. The Morgan fingerprint density at radius 1 is 1.31 bits per heavy atom. The van der Waals surface area contributed by atoms with Gasteiger partial charge in [-0.3, -0.25) is 9.59 Å². The maximum Gasteiger partial charge on any atom is 0.305 e. The van der Waals surface area contributed by atoms with Crippen LogP contribution >= 0.6 is 22.9 Å². The fraction of sp³-hybridized carbons (Fsp3) is 0.389. The van der Waals surface area contributed by atoms with Gasteiger partial charge in [0.15, 0.2) is 0 Å². The van der Waals surface area contributed by atoms with Gasteiger partial charge in [-0.05, 0) is 18.9 Å². The Morgan fingerprint density at radius 3 is 2.73 bits per heavy atom. The van der Waals surface area contributed by atoms with Crippen molar-refractivity contribution in [3.8, 4) is 10.6 Å². The molecule has 1 aliphatic heterocycles. The molecule has 2 aromatic rings. The molecule has 0 unspecified atom stereocenters. The molecule has 8 heteroatoms. The van der Waals surface area contributed by atoms with Crippen LogP contribution in [-0.4, -0.2) is 40.7 Å². The van der Waals surface area contributed by atoms with Crippen LogP contribution in [0.1, 0.15) is 25.0 Å². The second-order valence-corrected chi connectivity index (χ2v) is 7.58. The minimum absolute atomic E-state index is 0.100. The lowest BCUT2D eigenvalue weighted by Crippen LogP contribution is -2.53. The number of carboxylic acid groups (broad SMARTS) is 1. The quantitative estimate of drug-likeness (QED) is 0.785. The zero-order valence-electron chi connectivity index (χ0n) is 14.0. The topological polar surface area (TPSA) is 88.5 Å². The third-order valence-electron chi connectivity index (χ3n) is 4.34. The van der Waals surface area contributed by atoms with Crippen molar-refractivity contribution in [2.45, 2.75) is 31.2 Å². The van der Waals surface area contributed by atoms with Gasteiger partial charge in [0, 0.05) is 24.2 Å². The van der Waals surface area contributed by atoms with E-state index in [1.54, 1.807) is 6.07 Å². The third-order valence-corrected chi connectivity index (χ3v) is 5.60. The molecule has 2 heterocycles. The molecule has 1 fully saturated rings. The van der Waals surface area contributed by atoms with Crippen molar-refractivity contribution in [2.24, 2.45) is 0 Å². The van der Waals surface area contributed by atoms with Crippen molar-refractivity contribution >= 4 is 34.8 Å². The number of aliphatic carboxylic acids is 1. The fourth-order valence-electron chi connectivity index (χ4n) is 3.05. The highest BCUT2D eigenvalue weighted by molar-refractivity contribution is 7.13. The van der Waals surface area contributed by atoms with Crippen molar-refractivity contribution < 1.29 is 19.4 Å². The Morgan fingerprint density at radius 2 is 2.04 bits per heavy atom. The van der Waals surface area contributed by atoms with Crippen LogP contribution in [0, 0.1) is 0 Å². The maximum atomic E-state index is 12.5. The summed E-state index contributed by atoms with van der Waals surface area (Å²) in [4.78, 5) is 28.2. The average Bonchev–Trinajstić information content (AvgIpc) is 3.03. The first-order chi connectivity index (χ1) is 12.5. The molecule has 26 heavy (non-hydrogen) atoms. The van der Waals surface area contributed by atoms with E-state index in [9.17, 15) is 14.7 Å². The van der Waals surface area contributed by atoms with Crippen LogP contribution in [0.4, 0.5) is 0 Å². The second kappa shape index (κ2) is 8.16. The molecule has 138 valence electrons.